The van der Waals surface area contributed by atoms with E-state index in [1.807, 2.05) is 0 Å². The fourth-order valence-corrected chi connectivity index (χ4v) is 12.6. The van der Waals surface area contributed by atoms with Crippen molar-refractivity contribution in [1.82, 2.24) is 21.3 Å². The van der Waals surface area contributed by atoms with E-state index in [4.69, 9.17) is 37.9 Å². The van der Waals surface area contributed by atoms with Gasteiger partial charge in [-0.05, 0) is 96.5 Å². The minimum atomic E-state index is 0.0530. The highest BCUT2D eigenvalue weighted by atomic mass is 16.5. The fraction of sp³-hybridized carbons (Fsp3) is 0.500. The van der Waals surface area contributed by atoms with Gasteiger partial charge in [0.25, 0.3) is 0 Å². The van der Waals surface area contributed by atoms with E-state index in [1.165, 1.54) is 22.3 Å². The highest BCUT2D eigenvalue weighted by molar-refractivity contribution is 5.46. The van der Waals surface area contributed by atoms with Gasteiger partial charge in [-0.25, -0.2) is 0 Å². The van der Waals surface area contributed by atoms with Crippen LogP contribution in [0.4, 0.5) is 0 Å². The predicted octanol–water partition coefficient (Wildman–Crippen LogP) is 7.79. The first-order chi connectivity index (χ1) is 33.3. The summed E-state index contributed by atoms with van der Waals surface area (Å²) in [7, 11) is 13.9. The topological polar surface area (TPSA) is 122 Å². The number of benzene rings is 4. The highest BCUT2D eigenvalue weighted by Crippen LogP contribution is 2.45. The molecule has 3 fully saturated rings. The zero-order valence-electron chi connectivity index (χ0n) is 41.1. The molecule has 5 aliphatic rings. The first-order valence-corrected chi connectivity index (χ1v) is 24.4. The van der Waals surface area contributed by atoms with Crippen molar-refractivity contribution in [2.45, 2.75) is 124 Å². The lowest BCUT2D eigenvalue weighted by Crippen LogP contribution is -2.52. The first-order valence-electron chi connectivity index (χ1n) is 24.4. The molecule has 12 nitrogen and oxygen atoms in total. The second kappa shape index (κ2) is 21.9. The molecule has 12 unspecified atom stereocenters. The molecule has 8 bridgehead atoms. The molecule has 9 rings (SSSR count). The largest absolute Gasteiger partial charge is 0.496 e. The van der Waals surface area contributed by atoms with Crippen molar-refractivity contribution in [1.29, 1.82) is 0 Å². The van der Waals surface area contributed by atoms with Crippen LogP contribution in [0.1, 0.15) is 93.9 Å². The van der Waals surface area contributed by atoms with E-state index in [1.54, 1.807) is 56.9 Å². The summed E-state index contributed by atoms with van der Waals surface area (Å²) < 4.78 is 46.4. The summed E-state index contributed by atoms with van der Waals surface area (Å²) in [6.45, 7) is 1.87. The van der Waals surface area contributed by atoms with E-state index in [2.05, 4.69) is 118 Å². The SMILES string of the molecule is COCc1cc(C2C3C=CC(N3)C(c3ccc(OC)c(COC)c3)C3CCC(N3)C(c3ccc(OC)c(COC)c3)C3C=CC(N3)C(c3ccc(OC)c(COC)c3)C3CCC2N3)ccc1OC. The highest BCUT2D eigenvalue weighted by Gasteiger charge is 2.47. The normalized spacial score (nSPS) is 29.6. The third-order valence-corrected chi connectivity index (χ3v) is 15.5. The summed E-state index contributed by atoms with van der Waals surface area (Å²) in [4.78, 5) is 0. The Morgan fingerprint density at radius 1 is 0.338 bits per heavy atom. The monoisotopic (exact) mass is 929 g/mol. The van der Waals surface area contributed by atoms with Gasteiger partial charge in [0.2, 0.25) is 0 Å². The smallest absolute Gasteiger partial charge is 0.124 e. The Balaban J connectivity index is 1.18. The number of fused-ring (bicyclic) bond motifs is 8. The van der Waals surface area contributed by atoms with Crippen molar-refractivity contribution in [3.8, 4) is 23.0 Å². The summed E-state index contributed by atoms with van der Waals surface area (Å²) in [6.07, 6.45) is 13.8. The number of ether oxygens (including phenoxy) is 8. The molecule has 0 amide bonds. The van der Waals surface area contributed by atoms with Gasteiger partial charge < -0.3 is 59.2 Å². The molecule has 0 aliphatic carbocycles. The molecule has 4 N–H and O–H groups in total. The van der Waals surface area contributed by atoms with Crippen molar-refractivity contribution in [2.24, 2.45) is 0 Å². The molecule has 12 atom stereocenters. The van der Waals surface area contributed by atoms with Crippen molar-refractivity contribution in [3.63, 3.8) is 0 Å². The Hall–Kier alpha value is -4.76. The second-order valence-electron chi connectivity index (χ2n) is 19.2. The van der Waals surface area contributed by atoms with E-state index < -0.39 is 0 Å². The maximum absolute atomic E-state index is 5.86. The molecule has 4 aromatic carbocycles. The van der Waals surface area contributed by atoms with Crippen molar-refractivity contribution < 1.29 is 37.9 Å². The number of hydrogen-bond donors (Lipinski definition) is 4. The summed E-state index contributed by atoms with van der Waals surface area (Å²) >= 11 is 0. The minimum Gasteiger partial charge on any atom is -0.496 e. The van der Waals surface area contributed by atoms with E-state index in [0.717, 1.165) is 70.9 Å². The van der Waals surface area contributed by atoms with Gasteiger partial charge in [0.15, 0.2) is 0 Å². The number of nitrogens with one attached hydrogen (secondary N) is 4. The zero-order valence-corrected chi connectivity index (χ0v) is 41.1. The van der Waals surface area contributed by atoms with Gasteiger partial charge in [0.1, 0.15) is 23.0 Å². The molecule has 364 valence electrons. The maximum atomic E-state index is 5.86. The van der Waals surface area contributed by atoms with Gasteiger partial charge in [0, 0.05) is 123 Å². The van der Waals surface area contributed by atoms with Gasteiger partial charge in [0.05, 0.1) is 54.9 Å². The molecule has 0 radical (unpaired) electrons. The second-order valence-corrected chi connectivity index (χ2v) is 19.2. The van der Waals surface area contributed by atoms with Gasteiger partial charge in [-0.2, -0.15) is 0 Å². The average Bonchev–Trinajstić information content (AvgIpc) is 4.21. The first kappa shape index (κ1) is 48.3. The fourth-order valence-electron chi connectivity index (χ4n) is 12.6. The minimum absolute atomic E-state index is 0.0530. The van der Waals surface area contributed by atoms with Crippen molar-refractivity contribution in [3.05, 3.63) is 142 Å². The quantitative estimate of drug-likeness (QED) is 0.0822. The van der Waals surface area contributed by atoms with Crippen LogP contribution in [-0.2, 0) is 45.4 Å². The van der Waals surface area contributed by atoms with Crippen LogP contribution in [0.15, 0.2) is 97.1 Å². The lowest BCUT2D eigenvalue weighted by Gasteiger charge is -2.38. The van der Waals surface area contributed by atoms with E-state index in [-0.39, 0.29) is 72.0 Å². The molecular weight excluding hydrogens is 857 g/mol. The van der Waals surface area contributed by atoms with Crippen molar-refractivity contribution >= 4 is 0 Å². The lowest BCUT2D eigenvalue weighted by atomic mass is 9.82. The molecule has 4 aromatic rings. The van der Waals surface area contributed by atoms with E-state index in [0.29, 0.717) is 26.4 Å². The number of methoxy groups -OCH3 is 8. The zero-order chi connectivity index (χ0) is 47.3. The molecule has 68 heavy (non-hydrogen) atoms. The molecule has 0 saturated carbocycles. The molecule has 0 spiro atoms. The van der Waals surface area contributed by atoms with Crippen LogP contribution >= 0.6 is 0 Å². The Morgan fingerprint density at radius 2 is 0.574 bits per heavy atom. The van der Waals surface area contributed by atoms with Crippen LogP contribution in [0, 0.1) is 0 Å². The molecule has 5 heterocycles. The van der Waals surface area contributed by atoms with Gasteiger partial charge in [-0.15, -0.1) is 0 Å². The Kier molecular flexibility index (Phi) is 15.5. The van der Waals surface area contributed by atoms with Crippen LogP contribution in [0.3, 0.4) is 0 Å². The average molecular weight is 929 g/mol. The standard InChI is InChI=1S/C56H72N4O8/c1-61-29-37-25-33(9-21-49(37)65-5)53-41-13-15-43(57-41)54(34-10-22-50(66-6)38(26-34)30-62-2)45-17-19-47(59-45)56(36-12-24-52(68-8)40(28-36)32-64-4)48-20-18-46(60-48)55(44-16-14-42(53)58-44)35-11-23-51(67-7)39(27-35)31-63-3/h9-13,15,18,20-28,41-48,53-60H,14,16-17,19,29-32H2,1-8H3. The summed E-state index contributed by atoms with van der Waals surface area (Å²) in [5.74, 6) is 3.80. The lowest BCUT2D eigenvalue weighted by molar-refractivity contribution is 0.181. The molecule has 0 aromatic heterocycles. The Labute approximate surface area is 403 Å². The van der Waals surface area contributed by atoms with E-state index in [9.17, 15) is 0 Å². The third-order valence-electron chi connectivity index (χ3n) is 15.5. The van der Waals surface area contributed by atoms with Crippen LogP contribution in [0.5, 0.6) is 23.0 Å². The number of rotatable bonds is 16. The molecule has 5 aliphatic heterocycles. The van der Waals surface area contributed by atoms with Gasteiger partial charge in [-0.3, -0.25) is 0 Å². The number of hydrogen-bond acceptors (Lipinski definition) is 12. The predicted molar refractivity (Wildman–Crippen MR) is 265 cm³/mol. The van der Waals surface area contributed by atoms with Crippen LogP contribution in [0.2, 0.25) is 0 Å². The summed E-state index contributed by atoms with van der Waals surface area (Å²) in [5.41, 5.74) is 9.24. The summed E-state index contributed by atoms with van der Waals surface area (Å²) in [6, 6.07) is 27.7. The van der Waals surface area contributed by atoms with Crippen LogP contribution in [-0.4, -0.2) is 105 Å². The maximum Gasteiger partial charge on any atom is 0.124 e. The molecule has 12 heteroatoms. The third kappa shape index (κ3) is 9.72. The van der Waals surface area contributed by atoms with Crippen molar-refractivity contribution in [2.75, 3.05) is 56.9 Å². The molecular formula is C56H72N4O8. The van der Waals surface area contributed by atoms with Crippen LogP contribution in [0.25, 0.3) is 0 Å². The summed E-state index contributed by atoms with van der Waals surface area (Å²) in [5, 5.41) is 17.2. The van der Waals surface area contributed by atoms with Gasteiger partial charge >= 0.3 is 0 Å². The van der Waals surface area contributed by atoms with Crippen LogP contribution < -0.4 is 40.2 Å². The molecule has 3 saturated heterocycles. The van der Waals surface area contributed by atoms with Gasteiger partial charge in [-0.1, -0.05) is 48.6 Å². The Bertz CT molecular complexity index is 2080. The Morgan fingerprint density at radius 3 is 0.779 bits per heavy atom. The van der Waals surface area contributed by atoms with E-state index >= 15 is 0 Å².